The summed E-state index contributed by atoms with van der Waals surface area (Å²) in [5.41, 5.74) is 0.957. The SMILES string of the molecule is CNCCN(C)C(=O)Cc1cccnc1. The molecule has 15 heavy (non-hydrogen) atoms. The predicted molar refractivity (Wildman–Crippen MR) is 59.5 cm³/mol. The first-order valence-corrected chi connectivity index (χ1v) is 5.01. The standard InChI is InChI=1S/C11H17N3O/c1-12-6-7-14(2)11(15)8-10-4-3-5-13-9-10/h3-5,9,12H,6-8H2,1-2H3. The number of hydrogen-bond acceptors (Lipinski definition) is 3. The van der Waals surface area contributed by atoms with Crippen LogP contribution in [-0.2, 0) is 11.2 Å². The number of hydrogen-bond donors (Lipinski definition) is 1. The Balaban J connectivity index is 2.42. The van der Waals surface area contributed by atoms with E-state index < -0.39 is 0 Å². The minimum atomic E-state index is 0.123. The van der Waals surface area contributed by atoms with Gasteiger partial charge in [0.1, 0.15) is 0 Å². The molecule has 0 aromatic carbocycles. The van der Waals surface area contributed by atoms with Crippen molar-refractivity contribution < 1.29 is 4.79 Å². The van der Waals surface area contributed by atoms with E-state index in [2.05, 4.69) is 10.3 Å². The maximum absolute atomic E-state index is 11.7. The Kier molecular flexibility index (Phi) is 4.77. The van der Waals surface area contributed by atoms with Crippen LogP contribution >= 0.6 is 0 Å². The second kappa shape index (κ2) is 6.14. The quantitative estimate of drug-likeness (QED) is 0.755. The highest BCUT2D eigenvalue weighted by molar-refractivity contribution is 5.78. The topological polar surface area (TPSA) is 45.2 Å². The average molecular weight is 207 g/mol. The van der Waals surface area contributed by atoms with Gasteiger partial charge in [0, 0.05) is 32.5 Å². The molecule has 0 aliphatic carbocycles. The monoisotopic (exact) mass is 207 g/mol. The van der Waals surface area contributed by atoms with Crippen LogP contribution in [0.1, 0.15) is 5.56 Å². The largest absolute Gasteiger partial charge is 0.344 e. The fourth-order valence-electron chi connectivity index (χ4n) is 1.22. The van der Waals surface area contributed by atoms with Crippen LogP contribution in [-0.4, -0.2) is 43.0 Å². The van der Waals surface area contributed by atoms with Crippen molar-refractivity contribution in [1.82, 2.24) is 15.2 Å². The van der Waals surface area contributed by atoms with Gasteiger partial charge in [-0.1, -0.05) is 6.07 Å². The van der Waals surface area contributed by atoms with Gasteiger partial charge in [-0.05, 0) is 18.7 Å². The number of carbonyl (C=O) groups excluding carboxylic acids is 1. The first-order chi connectivity index (χ1) is 7.24. The molecule has 82 valence electrons. The molecule has 0 saturated carbocycles. The normalized spacial score (nSPS) is 10.0. The predicted octanol–water partition coefficient (Wildman–Crippen LogP) is 0.302. The molecule has 0 atom stereocenters. The molecule has 1 heterocycles. The van der Waals surface area contributed by atoms with Gasteiger partial charge in [-0.3, -0.25) is 9.78 Å². The third-order valence-corrected chi connectivity index (χ3v) is 2.20. The van der Waals surface area contributed by atoms with E-state index in [0.717, 1.165) is 18.7 Å². The van der Waals surface area contributed by atoms with E-state index in [-0.39, 0.29) is 5.91 Å². The second-order valence-electron chi connectivity index (χ2n) is 3.46. The molecule has 4 heteroatoms. The number of rotatable bonds is 5. The number of nitrogens with one attached hydrogen (secondary N) is 1. The highest BCUT2D eigenvalue weighted by Crippen LogP contribution is 1.99. The lowest BCUT2D eigenvalue weighted by atomic mass is 10.2. The Morgan fingerprint density at radius 1 is 1.60 bits per heavy atom. The number of carbonyl (C=O) groups is 1. The molecule has 1 amide bonds. The van der Waals surface area contributed by atoms with E-state index in [4.69, 9.17) is 0 Å². The fraction of sp³-hybridized carbons (Fsp3) is 0.455. The molecule has 0 spiro atoms. The average Bonchev–Trinajstić information content (AvgIpc) is 2.27. The van der Waals surface area contributed by atoms with E-state index in [0.29, 0.717) is 6.42 Å². The van der Waals surface area contributed by atoms with Gasteiger partial charge in [0.15, 0.2) is 0 Å². The maximum atomic E-state index is 11.7. The van der Waals surface area contributed by atoms with Crippen LogP contribution in [0, 0.1) is 0 Å². The zero-order valence-corrected chi connectivity index (χ0v) is 9.23. The Bertz CT molecular complexity index is 300. The third-order valence-electron chi connectivity index (χ3n) is 2.20. The van der Waals surface area contributed by atoms with E-state index in [1.54, 1.807) is 17.3 Å². The number of aromatic nitrogens is 1. The van der Waals surface area contributed by atoms with Gasteiger partial charge in [-0.25, -0.2) is 0 Å². The van der Waals surface area contributed by atoms with Gasteiger partial charge in [0.05, 0.1) is 6.42 Å². The molecule has 1 aromatic heterocycles. The number of nitrogens with zero attached hydrogens (tertiary/aromatic N) is 2. The summed E-state index contributed by atoms with van der Waals surface area (Å²) in [7, 11) is 3.69. The summed E-state index contributed by atoms with van der Waals surface area (Å²) in [4.78, 5) is 17.4. The summed E-state index contributed by atoms with van der Waals surface area (Å²) in [6.45, 7) is 1.55. The van der Waals surface area contributed by atoms with Crippen LogP contribution < -0.4 is 5.32 Å². The van der Waals surface area contributed by atoms with Gasteiger partial charge < -0.3 is 10.2 Å². The first-order valence-electron chi connectivity index (χ1n) is 5.01. The van der Waals surface area contributed by atoms with Gasteiger partial charge >= 0.3 is 0 Å². The molecule has 0 bridgehead atoms. The van der Waals surface area contributed by atoms with E-state index in [1.807, 2.05) is 26.2 Å². The molecular weight excluding hydrogens is 190 g/mol. The Labute approximate surface area is 90.3 Å². The van der Waals surface area contributed by atoms with E-state index >= 15 is 0 Å². The van der Waals surface area contributed by atoms with Crippen LogP contribution in [0.15, 0.2) is 24.5 Å². The van der Waals surface area contributed by atoms with E-state index in [1.165, 1.54) is 0 Å². The van der Waals surface area contributed by atoms with Crippen molar-refractivity contribution >= 4 is 5.91 Å². The Hall–Kier alpha value is -1.42. The highest BCUT2D eigenvalue weighted by atomic mass is 16.2. The maximum Gasteiger partial charge on any atom is 0.226 e. The minimum absolute atomic E-state index is 0.123. The smallest absolute Gasteiger partial charge is 0.226 e. The van der Waals surface area contributed by atoms with Crippen molar-refractivity contribution in [3.63, 3.8) is 0 Å². The zero-order valence-electron chi connectivity index (χ0n) is 9.23. The molecule has 0 saturated heterocycles. The van der Waals surface area contributed by atoms with Crippen LogP contribution in [0.5, 0.6) is 0 Å². The summed E-state index contributed by atoms with van der Waals surface area (Å²) >= 11 is 0. The first kappa shape index (κ1) is 11.7. The molecule has 0 aliphatic rings. The molecule has 0 radical (unpaired) electrons. The number of amides is 1. The summed E-state index contributed by atoms with van der Waals surface area (Å²) in [5, 5.41) is 3.01. The second-order valence-corrected chi connectivity index (χ2v) is 3.46. The lowest BCUT2D eigenvalue weighted by molar-refractivity contribution is -0.129. The van der Waals surface area contributed by atoms with Gasteiger partial charge in [0.2, 0.25) is 5.91 Å². The molecule has 0 unspecified atom stereocenters. The lowest BCUT2D eigenvalue weighted by Gasteiger charge is -2.16. The third kappa shape index (κ3) is 4.08. The summed E-state index contributed by atoms with van der Waals surface area (Å²) < 4.78 is 0. The number of likely N-dealkylation sites (N-methyl/N-ethyl adjacent to an activating group) is 2. The zero-order chi connectivity index (χ0) is 11.1. The van der Waals surface area contributed by atoms with Crippen LogP contribution in [0.3, 0.4) is 0 Å². The van der Waals surface area contributed by atoms with Gasteiger partial charge in [-0.2, -0.15) is 0 Å². The fourth-order valence-corrected chi connectivity index (χ4v) is 1.22. The molecule has 0 aliphatic heterocycles. The van der Waals surface area contributed by atoms with Crippen molar-refractivity contribution in [3.05, 3.63) is 30.1 Å². The van der Waals surface area contributed by atoms with Crippen LogP contribution in [0.4, 0.5) is 0 Å². The Morgan fingerprint density at radius 3 is 3.00 bits per heavy atom. The molecule has 1 N–H and O–H groups in total. The summed E-state index contributed by atoms with van der Waals surface area (Å²) in [6.07, 6.45) is 3.86. The summed E-state index contributed by atoms with van der Waals surface area (Å²) in [6, 6.07) is 3.76. The molecule has 0 fully saturated rings. The Morgan fingerprint density at radius 2 is 2.40 bits per heavy atom. The summed E-state index contributed by atoms with van der Waals surface area (Å²) in [5.74, 6) is 0.123. The van der Waals surface area contributed by atoms with Crippen molar-refractivity contribution in [1.29, 1.82) is 0 Å². The van der Waals surface area contributed by atoms with Crippen molar-refractivity contribution in [2.24, 2.45) is 0 Å². The molecule has 1 aromatic rings. The number of pyridine rings is 1. The highest BCUT2D eigenvalue weighted by Gasteiger charge is 2.08. The lowest BCUT2D eigenvalue weighted by Crippen LogP contribution is -2.33. The van der Waals surface area contributed by atoms with Crippen molar-refractivity contribution in [2.75, 3.05) is 27.2 Å². The minimum Gasteiger partial charge on any atom is -0.344 e. The van der Waals surface area contributed by atoms with Crippen LogP contribution in [0.25, 0.3) is 0 Å². The van der Waals surface area contributed by atoms with Crippen LogP contribution in [0.2, 0.25) is 0 Å². The van der Waals surface area contributed by atoms with Gasteiger partial charge in [-0.15, -0.1) is 0 Å². The van der Waals surface area contributed by atoms with Crippen molar-refractivity contribution in [3.8, 4) is 0 Å². The van der Waals surface area contributed by atoms with Gasteiger partial charge in [0.25, 0.3) is 0 Å². The molecule has 1 rings (SSSR count). The molecular formula is C11H17N3O. The molecule has 4 nitrogen and oxygen atoms in total. The van der Waals surface area contributed by atoms with Crippen molar-refractivity contribution in [2.45, 2.75) is 6.42 Å². The van der Waals surface area contributed by atoms with E-state index in [9.17, 15) is 4.79 Å².